The average molecular weight is 597 g/mol. The highest BCUT2D eigenvalue weighted by Crippen LogP contribution is 2.42. The zero-order chi connectivity index (χ0) is 29.5. The van der Waals surface area contributed by atoms with Crippen molar-refractivity contribution in [3.8, 4) is 51.2 Å². The molecule has 0 bridgehead atoms. The number of hydrogen-bond acceptors (Lipinski definition) is 8. The summed E-state index contributed by atoms with van der Waals surface area (Å²) in [5.74, 6) is 0.914. The fourth-order valence-electron chi connectivity index (χ4n) is 4.31. The molecule has 5 aromatic rings. The highest BCUT2D eigenvalue weighted by Gasteiger charge is 2.21. The third-order valence-corrected chi connectivity index (χ3v) is 8.05. The van der Waals surface area contributed by atoms with E-state index in [0.717, 1.165) is 11.1 Å². The van der Waals surface area contributed by atoms with Crippen LogP contribution in [0.15, 0.2) is 89.3 Å². The molecule has 0 saturated heterocycles. The quantitative estimate of drug-likeness (QED) is 0.165. The Balaban J connectivity index is 1.38. The Labute approximate surface area is 251 Å². The minimum atomic E-state index is -0.321. The number of halogens is 1. The lowest BCUT2D eigenvalue weighted by Crippen LogP contribution is -2.12. The summed E-state index contributed by atoms with van der Waals surface area (Å²) in [5.41, 5.74) is 4.75. The van der Waals surface area contributed by atoms with Crippen molar-refractivity contribution in [1.29, 1.82) is 5.26 Å². The normalized spacial score (nSPS) is 10.6. The summed E-state index contributed by atoms with van der Waals surface area (Å²) < 4.78 is 24.4. The van der Waals surface area contributed by atoms with Gasteiger partial charge in [0.05, 0.1) is 31.2 Å². The molecule has 7 nitrogen and oxygen atoms in total. The second kappa shape index (κ2) is 13.3. The molecule has 2 aromatic heterocycles. The first kappa shape index (κ1) is 28.8. The third-order valence-electron chi connectivity index (χ3n) is 6.32. The number of thiazole rings is 1. The molecule has 0 spiro atoms. The van der Waals surface area contributed by atoms with Gasteiger partial charge in [0, 0.05) is 39.8 Å². The smallest absolute Gasteiger partial charge is 0.226 e. The summed E-state index contributed by atoms with van der Waals surface area (Å²) >= 11 is 2.63. The number of benzene rings is 3. The topological polar surface area (TPSA) is 97.1 Å². The van der Waals surface area contributed by atoms with Gasteiger partial charge >= 0.3 is 0 Å². The van der Waals surface area contributed by atoms with Gasteiger partial charge in [-0.15, -0.1) is 23.1 Å². The van der Waals surface area contributed by atoms with Gasteiger partial charge in [0.2, 0.25) is 5.91 Å². The number of carbonyl (C=O) groups is 1. The van der Waals surface area contributed by atoms with Crippen LogP contribution in [0.2, 0.25) is 0 Å². The van der Waals surface area contributed by atoms with Crippen molar-refractivity contribution < 1.29 is 18.7 Å². The molecule has 0 fully saturated rings. The molecule has 0 aliphatic carbocycles. The number of para-hydroxylation sites is 1. The fourth-order valence-corrected chi connectivity index (χ4v) is 5.99. The zero-order valence-corrected chi connectivity index (χ0v) is 24.4. The Morgan fingerprint density at radius 3 is 2.43 bits per heavy atom. The van der Waals surface area contributed by atoms with Crippen molar-refractivity contribution in [1.82, 2.24) is 9.97 Å². The van der Waals surface area contributed by atoms with Crippen LogP contribution in [0.25, 0.3) is 33.6 Å². The summed E-state index contributed by atoms with van der Waals surface area (Å²) in [5, 5.41) is 15.9. The van der Waals surface area contributed by atoms with Crippen molar-refractivity contribution in [3.63, 3.8) is 0 Å². The number of nitriles is 1. The number of hydrogen-bond donors (Lipinski definition) is 1. The van der Waals surface area contributed by atoms with Crippen molar-refractivity contribution >= 4 is 34.1 Å². The maximum Gasteiger partial charge on any atom is 0.226 e. The van der Waals surface area contributed by atoms with Crippen LogP contribution in [0, 0.1) is 17.1 Å². The zero-order valence-electron chi connectivity index (χ0n) is 22.8. The molecule has 0 radical (unpaired) electrons. The van der Waals surface area contributed by atoms with Crippen molar-refractivity contribution in [2.45, 2.75) is 11.4 Å². The molecule has 3 aromatic carbocycles. The Bertz CT molecular complexity index is 1750. The largest absolute Gasteiger partial charge is 0.493 e. The third kappa shape index (κ3) is 6.43. The number of anilines is 1. The number of thioether (sulfide) groups is 1. The molecule has 0 atom stereocenters. The number of pyridine rings is 1. The first-order valence-corrected chi connectivity index (χ1v) is 14.7. The van der Waals surface area contributed by atoms with Gasteiger partial charge in [-0.05, 0) is 36.4 Å². The van der Waals surface area contributed by atoms with E-state index in [2.05, 4.69) is 16.4 Å². The number of ether oxygens (including phenoxy) is 2. The Hall–Kier alpha value is -4.72. The van der Waals surface area contributed by atoms with E-state index < -0.39 is 0 Å². The van der Waals surface area contributed by atoms with Gasteiger partial charge in [-0.2, -0.15) is 5.26 Å². The fraction of sp³-hybridized carbons (Fsp3) is 0.125. The van der Waals surface area contributed by atoms with Gasteiger partial charge in [-0.3, -0.25) is 4.79 Å². The van der Waals surface area contributed by atoms with Crippen LogP contribution in [0.4, 0.5) is 9.52 Å². The predicted octanol–water partition coefficient (Wildman–Crippen LogP) is 7.69. The maximum atomic E-state index is 13.2. The van der Waals surface area contributed by atoms with E-state index in [9.17, 15) is 14.4 Å². The van der Waals surface area contributed by atoms with E-state index in [1.807, 2.05) is 53.9 Å². The lowest BCUT2D eigenvalue weighted by Gasteiger charge is -2.16. The van der Waals surface area contributed by atoms with E-state index in [0.29, 0.717) is 55.5 Å². The van der Waals surface area contributed by atoms with Gasteiger partial charge in [0.1, 0.15) is 16.9 Å². The summed E-state index contributed by atoms with van der Waals surface area (Å²) in [7, 11) is 3.13. The average Bonchev–Trinajstić information content (AvgIpc) is 3.49. The lowest BCUT2D eigenvalue weighted by atomic mass is 9.98. The molecule has 2 heterocycles. The second-order valence-corrected chi connectivity index (χ2v) is 10.9. The van der Waals surface area contributed by atoms with Crippen LogP contribution >= 0.6 is 23.1 Å². The summed E-state index contributed by atoms with van der Waals surface area (Å²) in [4.78, 5) is 22.0. The second-order valence-electron chi connectivity index (χ2n) is 8.95. The Morgan fingerprint density at radius 1 is 0.952 bits per heavy atom. The van der Waals surface area contributed by atoms with Gasteiger partial charge in [-0.1, -0.05) is 42.5 Å². The highest BCUT2D eigenvalue weighted by atomic mass is 32.2. The number of rotatable bonds is 10. The number of amides is 1. The van der Waals surface area contributed by atoms with Crippen molar-refractivity contribution in [2.24, 2.45) is 0 Å². The maximum absolute atomic E-state index is 13.2. The number of nitrogens with one attached hydrogen (secondary N) is 1. The van der Waals surface area contributed by atoms with Crippen LogP contribution in [0.3, 0.4) is 0 Å². The van der Waals surface area contributed by atoms with Crippen molar-refractivity contribution in [2.75, 3.05) is 25.3 Å². The minimum absolute atomic E-state index is 0.177. The Morgan fingerprint density at radius 2 is 1.71 bits per heavy atom. The SMILES string of the molecule is COc1cccc(-c2cc(-c3ccccc3)nc(SCCC(=O)Nc3nc(-c4ccc(F)cc4)cs3)c2C#N)c1OC. The summed E-state index contributed by atoms with van der Waals surface area (Å²) in [6.45, 7) is 0. The van der Waals surface area contributed by atoms with Crippen LogP contribution in [0.1, 0.15) is 12.0 Å². The van der Waals surface area contributed by atoms with E-state index in [1.54, 1.807) is 32.4 Å². The number of methoxy groups -OCH3 is 2. The van der Waals surface area contributed by atoms with E-state index in [4.69, 9.17) is 14.5 Å². The highest BCUT2D eigenvalue weighted by molar-refractivity contribution is 7.99. The lowest BCUT2D eigenvalue weighted by molar-refractivity contribution is -0.115. The molecular formula is C32H25FN4O3S2. The standard InChI is InChI=1S/C32H25FN4O3S2/c1-39-28-10-6-9-23(30(28)40-2)24-17-26(20-7-4-3-5-8-20)35-31(25(24)18-34)41-16-15-29(38)37-32-36-27(19-42-32)21-11-13-22(33)14-12-21/h3-14,17,19H,15-16H2,1-2H3,(H,36,37,38). The van der Waals surface area contributed by atoms with E-state index >= 15 is 0 Å². The molecule has 0 saturated carbocycles. The molecule has 210 valence electrons. The molecule has 0 aliphatic rings. The predicted molar refractivity (Wildman–Crippen MR) is 164 cm³/mol. The van der Waals surface area contributed by atoms with Crippen LogP contribution in [-0.4, -0.2) is 35.8 Å². The molecule has 10 heteroatoms. The van der Waals surface area contributed by atoms with Gasteiger partial charge < -0.3 is 14.8 Å². The monoisotopic (exact) mass is 596 g/mol. The van der Waals surface area contributed by atoms with Crippen LogP contribution in [-0.2, 0) is 4.79 Å². The minimum Gasteiger partial charge on any atom is -0.493 e. The molecule has 5 rings (SSSR count). The molecule has 0 aliphatic heterocycles. The van der Waals surface area contributed by atoms with Gasteiger partial charge in [0.15, 0.2) is 16.6 Å². The van der Waals surface area contributed by atoms with Crippen molar-refractivity contribution in [3.05, 3.63) is 95.6 Å². The van der Waals surface area contributed by atoms with Crippen LogP contribution < -0.4 is 14.8 Å². The molecular weight excluding hydrogens is 572 g/mol. The Kier molecular flexibility index (Phi) is 9.12. The van der Waals surface area contributed by atoms with E-state index in [-0.39, 0.29) is 18.1 Å². The number of carbonyl (C=O) groups excluding carboxylic acids is 1. The van der Waals surface area contributed by atoms with Gasteiger partial charge in [-0.25, -0.2) is 14.4 Å². The molecule has 1 amide bonds. The first-order chi connectivity index (χ1) is 20.5. The molecule has 42 heavy (non-hydrogen) atoms. The first-order valence-electron chi connectivity index (χ1n) is 12.9. The van der Waals surface area contributed by atoms with E-state index in [1.165, 1.54) is 35.2 Å². The number of nitrogens with zero attached hydrogens (tertiary/aromatic N) is 3. The molecule has 1 N–H and O–H groups in total. The number of aromatic nitrogens is 2. The summed E-state index contributed by atoms with van der Waals surface area (Å²) in [6.07, 6.45) is 0.177. The van der Waals surface area contributed by atoms with Gasteiger partial charge in [0.25, 0.3) is 0 Å². The molecule has 0 unspecified atom stereocenters. The van der Waals surface area contributed by atoms with Crippen LogP contribution in [0.5, 0.6) is 11.5 Å². The summed E-state index contributed by atoms with van der Waals surface area (Å²) in [6, 6.07) is 25.4.